The van der Waals surface area contributed by atoms with Crippen molar-refractivity contribution >= 4 is 54.2 Å². The summed E-state index contributed by atoms with van der Waals surface area (Å²) < 4.78 is 0. The summed E-state index contributed by atoms with van der Waals surface area (Å²) in [6.45, 7) is 16.1. The minimum Gasteiger partial charge on any atom is -0.383 e. The van der Waals surface area contributed by atoms with Gasteiger partial charge in [0.05, 0.1) is 27.4 Å². The molecule has 1 aliphatic heterocycles. The monoisotopic (exact) mass is 620 g/mol. The molecule has 0 aromatic carbocycles. The van der Waals surface area contributed by atoms with Gasteiger partial charge in [-0.3, -0.25) is 9.59 Å². The molecule has 0 spiro atoms. The highest BCUT2D eigenvalue weighted by Crippen LogP contribution is 2.43. The molecule has 2 rings (SSSR count). The third-order valence-electron chi connectivity index (χ3n) is 7.29. The molecule has 7 heteroatoms. The van der Waals surface area contributed by atoms with E-state index in [1.807, 2.05) is 11.0 Å². The van der Waals surface area contributed by atoms with Crippen LogP contribution in [0.2, 0.25) is 0 Å². The van der Waals surface area contributed by atoms with E-state index in [-0.39, 0.29) is 5.91 Å². The number of aldehydes is 1. The second kappa shape index (κ2) is 17.2. The summed E-state index contributed by atoms with van der Waals surface area (Å²) in [5, 5.41) is 3.67. The first kappa shape index (κ1) is 32.6. The van der Waals surface area contributed by atoms with Gasteiger partial charge < -0.3 is 10.2 Å². The van der Waals surface area contributed by atoms with Crippen molar-refractivity contribution in [2.75, 3.05) is 13.1 Å². The standard InChI is InChI=1S/C31H45BrN2O2S2/c1-7-12-15-23(10-4)19-33-29(26-18-17-22(6)37-26)28-25(21-35)30(27(38-32)14-9-3)34(31(28)36)20-24(11-5)16-13-8-2/h9,14,17-18,21,23-24,33H,3,7-8,10-13,15-16,19-20H2,1-2,4-6H3/b27-14-,29-28+. The summed E-state index contributed by atoms with van der Waals surface area (Å²) >= 11 is 5.18. The SMILES string of the molecule is C=C/C=C(\SBr)C1=C(C=O)/C(=C(\NCC(CC)CCCC)c2ccc(C)s2)C(=O)N1CC(CC)CCCC. The summed E-state index contributed by atoms with van der Waals surface area (Å²) in [7, 11) is 1.37. The van der Waals surface area contributed by atoms with Crippen LogP contribution in [-0.4, -0.2) is 30.2 Å². The molecule has 210 valence electrons. The van der Waals surface area contributed by atoms with Gasteiger partial charge in [0.1, 0.15) is 0 Å². The molecule has 2 heterocycles. The van der Waals surface area contributed by atoms with Gasteiger partial charge in [0.25, 0.3) is 5.91 Å². The molecule has 1 aromatic heterocycles. The van der Waals surface area contributed by atoms with Gasteiger partial charge in [-0.05, 0) is 74.8 Å². The first-order chi connectivity index (χ1) is 18.4. The third kappa shape index (κ3) is 8.46. The quantitative estimate of drug-likeness (QED) is 0.101. The molecular weight excluding hydrogens is 576 g/mol. The number of allylic oxidation sites excluding steroid dienone is 2. The van der Waals surface area contributed by atoms with Crippen molar-refractivity contribution in [2.45, 2.75) is 86.0 Å². The molecule has 38 heavy (non-hydrogen) atoms. The number of hydrogen-bond acceptors (Lipinski definition) is 5. The zero-order valence-corrected chi connectivity index (χ0v) is 27.0. The van der Waals surface area contributed by atoms with Crippen LogP contribution in [0.3, 0.4) is 0 Å². The van der Waals surface area contributed by atoms with E-state index >= 15 is 0 Å². The zero-order valence-electron chi connectivity index (χ0n) is 23.8. The molecule has 0 saturated heterocycles. The number of halogens is 1. The third-order valence-corrected chi connectivity index (χ3v) is 9.85. The lowest BCUT2D eigenvalue weighted by Gasteiger charge is -2.26. The lowest BCUT2D eigenvalue weighted by Crippen LogP contribution is -2.33. The molecule has 1 aromatic rings. The van der Waals surface area contributed by atoms with E-state index in [1.165, 1.54) is 27.9 Å². The number of unbranched alkanes of at least 4 members (excludes halogenated alkanes) is 2. The largest absolute Gasteiger partial charge is 0.383 e. The lowest BCUT2D eigenvalue weighted by molar-refractivity contribution is -0.124. The second-order valence-electron chi connectivity index (χ2n) is 10.0. The van der Waals surface area contributed by atoms with Crippen LogP contribution >= 0.6 is 36.3 Å². The number of carbonyl (C=O) groups is 2. The van der Waals surface area contributed by atoms with Gasteiger partial charge in [0.2, 0.25) is 0 Å². The van der Waals surface area contributed by atoms with E-state index < -0.39 is 0 Å². The Morgan fingerprint density at radius 2 is 1.79 bits per heavy atom. The molecule has 0 saturated carbocycles. The fraction of sp³-hybridized carbons (Fsp3) is 0.548. The molecule has 1 aliphatic rings. The number of carbonyl (C=O) groups excluding carboxylic acids is 2. The summed E-state index contributed by atoms with van der Waals surface area (Å²) in [4.78, 5) is 31.9. The van der Waals surface area contributed by atoms with Crippen LogP contribution in [0.1, 0.15) is 88.8 Å². The maximum absolute atomic E-state index is 14.3. The average Bonchev–Trinajstić information content (AvgIpc) is 3.47. The summed E-state index contributed by atoms with van der Waals surface area (Å²) in [5.74, 6) is 0.782. The molecular formula is C31H45BrN2O2S2. The van der Waals surface area contributed by atoms with Crippen LogP contribution in [0.15, 0.2) is 52.6 Å². The second-order valence-corrected chi connectivity index (χ2v) is 12.9. The Labute approximate surface area is 246 Å². The summed E-state index contributed by atoms with van der Waals surface area (Å²) in [5.41, 5.74) is 2.41. The Morgan fingerprint density at radius 3 is 2.29 bits per heavy atom. The number of aryl methyl sites for hydroxylation is 1. The van der Waals surface area contributed by atoms with Crippen LogP contribution < -0.4 is 5.32 Å². The highest BCUT2D eigenvalue weighted by atomic mass is 79.9. The minimum atomic E-state index is -0.0938. The Kier molecular flexibility index (Phi) is 14.8. The number of hydrogen-bond donors (Lipinski definition) is 1. The molecule has 4 nitrogen and oxygen atoms in total. The molecule has 0 aliphatic carbocycles. The van der Waals surface area contributed by atoms with Crippen molar-refractivity contribution in [3.05, 3.63) is 62.4 Å². The van der Waals surface area contributed by atoms with E-state index in [0.717, 1.165) is 66.8 Å². The van der Waals surface area contributed by atoms with Crippen molar-refractivity contribution in [1.29, 1.82) is 0 Å². The molecule has 0 fully saturated rings. The van der Waals surface area contributed by atoms with Crippen LogP contribution in [0.5, 0.6) is 0 Å². The topological polar surface area (TPSA) is 49.4 Å². The normalized spacial score (nSPS) is 17.2. The molecule has 2 unspecified atom stereocenters. The summed E-state index contributed by atoms with van der Waals surface area (Å²) in [6.07, 6.45) is 13.3. The van der Waals surface area contributed by atoms with Crippen LogP contribution in [0, 0.1) is 18.8 Å². The summed E-state index contributed by atoms with van der Waals surface area (Å²) in [6, 6.07) is 4.14. The van der Waals surface area contributed by atoms with E-state index in [0.29, 0.717) is 35.2 Å². The predicted molar refractivity (Wildman–Crippen MR) is 170 cm³/mol. The first-order valence-corrected chi connectivity index (χ1v) is 17.6. The zero-order chi connectivity index (χ0) is 28.1. The van der Waals surface area contributed by atoms with Crippen LogP contribution in [0.4, 0.5) is 0 Å². The Balaban J connectivity index is 2.71. The molecule has 0 radical (unpaired) electrons. The fourth-order valence-electron chi connectivity index (χ4n) is 4.89. The molecule has 0 bridgehead atoms. The van der Waals surface area contributed by atoms with Gasteiger partial charge in [-0.2, -0.15) is 0 Å². The average molecular weight is 622 g/mol. The Bertz CT molecular complexity index is 1040. The Hall–Kier alpha value is -1.57. The highest BCUT2D eigenvalue weighted by Gasteiger charge is 2.40. The number of amides is 1. The fourth-order valence-corrected chi connectivity index (χ4v) is 7.01. The van der Waals surface area contributed by atoms with E-state index in [9.17, 15) is 9.59 Å². The Morgan fingerprint density at radius 1 is 1.13 bits per heavy atom. The van der Waals surface area contributed by atoms with Crippen molar-refractivity contribution in [3.8, 4) is 0 Å². The van der Waals surface area contributed by atoms with Gasteiger partial charge in [-0.1, -0.05) is 78.9 Å². The molecule has 2 atom stereocenters. The molecule has 1 N–H and O–H groups in total. The maximum atomic E-state index is 14.3. The number of nitrogens with one attached hydrogen (secondary N) is 1. The van der Waals surface area contributed by atoms with Crippen molar-refractivity contribution in [2.24, 2.45) is 11.8 Å². The number of nitrogens with zero attached hydrogens (tertiary/aromatic N) is 1. The van der Waals surface area contributed by atoms with Crippen LogP contribution in [0.25, 0.3) is 5.70 Å². The highest BCUT2D eigenvalue weighted by molar-refractivity contribution is 9.50. The number of rotatable bonds is 18. The van der Waals surface area contributed by atoms with Gasteiger partial charge in [-0.15, -0.1) is 11.3 Å². The van der Waals surface area contributed by atoms with Gasteiger partial charge in [-0.25, -0.2) is 0 Å². The number of thiophene rings is 1. The van der Waals surface area contributed by atoms with Crippen molar-refractivity contribution < 1.29 is 9.59 Å². The first-order valence-electron chi connectivity index (χ1n) is 14.1. The van der Waals surface area contributed by atoms with Crippen molar-refractivity contribution in [3.63, 3.8) is 0 Å². The minimum absolute atomic E-state index is 0.0938. The predicted octanol–water partition coefficient (Wildman–Crippen LogP) is 9.20. The van der Waals surface area contributed by atoms with E-state index in [1.54, 1.807) is 17.4 Å². The van der Waals surface area contributed by atoms with Crippen molar-refractivity contribution in [1.82, 2.24) is 10.2 Å². The maximum Gasteiger partial charge on any atom is 0.261 e. The smallest absolute Gasteiger partial charge is 0.261 e. The van der Waals surface area contributed by atoms with Crippen LogP contribution in [-0.2, 0) is 9.59 Å². The van der Waals surface area contributed by atoms with Gasteiger partial charge >= 0.3 is 0 Å². The van der Waals surface area contributed by atoms with E-state index in [2.05, 4.69) is 73.5 Å². The molecule has 1 amide bonds. The van der Waals surface area contributed by atoms with E-state index in [4.69, 9.17) is 0 Å². The van der Waals surface area contributed by atoms with Gasteiger partial charge in [0.15, 0.2) is 6.29 Å². The lowest BCUT2D eigenvalue weighted by atomic mass is 9.98. The van der Waals surface area contributed by atoms with Gasteiger partial charge in [0, 0.05) is 22.9 Å².